The Morgan fingerprint density at radius 3 is 2.39 bits per heavy atom. The van der Waals surface area contributed by atoms with Crippen LogP contribution in [0.2, 0.25) is 0 Å². The molecule has 0 fully saturated rings. The maximum absolute atomic E-state index is 12.9. The molecular weight excluding hydrogens is 400 g/mol. The summed E-state index contributed by atoms with van der Waals surface area (Å²) >= 11 is 0. The first-order valence-corrected chi connectivity index (χ1v) is 12.1. The first-order chi connectivity index (χ1) is 13.0. The molecule has 3 rings (SSSR count). The molecule has 0 spiro atoms. The summed E-state index contributed by atoms with van der Waals surface area (Å²) in [7, 11) is -5.74. The van der Waals surface area contributed by atoms with Gasteiger partial charge in [0.25, 0.3) is 10.0 Å². The number of hydrogen-bond donors (Lipinski definition) is 1. The third-order valence-electron chi connectivity index (χ3n) is 4.80. The average molecular weight is 425 g/mol. The van der Waals surface area contributed by atoms with Crippen molar-refractivity contribution in [3.8, 4) is 5.75 Å². The maximum Gasteiger partial charge on any atom is 0.262 e. The summed E-state index contributed by atoms with van der Waals surface area (Å²) in [6.45, 7) is 3.87. The van der Waals surface area contributed by atoms with Crippen LogP contribution in [0.15, 0.2) is 35.2 Å². The van der Waals surface area contributed by atoms with Gasteiger partial charge in [0.1, 0.15) is 5.75 Å². The van der Waals surface area contributed by atoms with Gasteiger partial charge in [-0.1, -0.05) is 6.07 Å². The normalized spacial score (nSPS) is 14.5. The molecule has 0 atom stereocenters. The molecule has 9 heteroatoms. The third kappa shape index (κ3) is 3.95. The second-order valence-electron chi connectivity index (χ2n) is 6.97. The van der Waals surface area contributed by atoms with E-state index >= 15 is 0 Å². The molecule has 0 aliphatic carbocycles. The van der Waals surface area contributed by atoms with Crippen LogP contribution in [0.1, 0.15) is 23.1 Å². The van der Waals surface area contributed by atoms with E-state index in [-0.39, 0.29) is 4.90 Å². The minimum atomic E-state index is -3.84. The number of sulfonamides is 2. The molecule has 152 valence electrons. The van der Waals surface area contributed by atoms with Crippen molar-refractivity contribution in [1.82, 2.24) is 0 Å². The smallest absolute Gasteiger partial charge is 0.262 e. The second-order valence-corrected chi connectivity index (χ2v) is 10.5. The highest BCUT2D eigenvalue weighted by Gasteiger charge is 2.25. The van der Waals surface area contributed by atoms with Crippen LogP contribution in [0.4, 0.5) is 11.4 Å². The lowest BCUT2D eigenvalue weighted by Crippen LogP contribution is -2.34. The minimum absolute atomic E-state index is 0.156. The number of hydrogen-bond acceptors (Lipinski definition) is 5. The molecular formula is C19H24N2O5S2. The molecule has 1 aliphatic rings. The van der Waals surface area contributed by atoms with Crippen LogP contribution in [0.25, 0.3) is 0 Å². The zero-order valence-electron chi connectivity index (χ0n) is 16.3. The van der Waals surface area contributed by atoms with Gasteiger partial charge in [0.2, 0.25) is 10.0 Å². The molecule has 0 bridgehead atoms. The van der Waals surface area contributed by atoms with Crippen LogP contribution in [0.3, 0.4) is 0 Å². The molecule has 7 nitrogen and oxygen atoms in total. The average Bonchev–Trinajstić information content (AvgIpc) is 2.61. The van der Waals surface area contributed by atoms with E-state index in [0.717, 1.165) is 24.7 Å². The van der Waals surface area contributed by atoms with Gasteiger partial charge in [-0.2, -0.15) is 0 Å². The van der Waals surface area contributed by atoms with E-state index < -0.39 is 20.0 Å². The molecule has 28 heavy (non-hydrogen) atoms. The first-order valence-electron chi connectivity index (χ1n) is 8.81. The van der Waals surface area contributed by atoms with Crippen molar-refractivity contribution in [3.63, 3.8) is 0 Å². The van der Waals surface area contributed by atoms with Crippen LogP contribution < -0.4 is 13.8 Å². The standard InChI is InChI=1S/C19H24N2O5S2/c1-13-11-19(14(2)10-18(13)26-3)28(24,25)20-16-8-7-15-6-5-9-21(17(15)12-16)27(4,22)23/h7-8,10-12,20H,5-6,9H2,1-4H3. The largest absolute Gasteiger partial charge is 0.496 e. The number of aryl methyl sites for hydroxylation is 3. The predicted octanol–water partition coefficient (Wildman–Crippen LogP) is 2.83. The zero-order chi connectivity index (χ0) is 20.7. The Morgan fingerprint density at radius 1 is 1.04 bits per heavy atom. The second kappa shape index (κ2) is 7.29. The lowest BCUT2D eigenvalue weighted by atomic mass is 10.0. The van der Waals surface area contributed by atoms with Crippen molar-refractivity contribution in [1.29, 1.82) is 0 Å². The van der Waals surface area contributed by atoms with E-state index in [1.54, 1.807) is 44.2 Å². The van der Waals surface area contributed by atoms with Crippen molar-refractivity contribution in [2.45, 2.75) is 31.6 Å². The summed E-state index contributed by atoms with van der Waals surface area (Å²) in [6.07, 6.45) is 2.64. The fourth-order valence-corrected chi connectivity index (χ4v) is 5.78. The number of ether oxygens (including phenoxy) is 1. The third-order valence-corrected chi connectivity index (χ3v) is 7.50. The number of anilines is 2. The number of fused-ring (bicyclic) bond motifs is 1. The van der Waals surface area contributed by atoms with E-state index in [9.17, 15) is 16.8 Å². The molecule has 0 saturated carbocycles. The van der Waals surface area contributed by atoms with Crippen molar-refractivity contribution < 1.29 is 21.6 Å². The van der Waals surface area contributed by atoms with Gasteiger partial charge >= 0.3 is 0 Å². The van der Waals surface area contributed by atoms with E-state index in [1.807, 2.05) is 0 Å². The zero-order valence-corrected chi connectivity index (χ0v) is 17.9. The van der Waals surface area contributed by atoms with Gasteiger partial charge in [-0.25, -0.2) is 16.8 Å². The van der Waals surface area contributed by atoms with E-state index in [0.29, 0.717) is 34.8 Å². The molecule has 0 saturated heterocycles. The number of nitrogens with one attached hydrogen (secondary N) is 1. The van der Waals surface area contributed by atoms with Crippen molar-refractivity contribution >= 4 is 31.4 Å². The topological polar surface area (TPSA) is 92.8 Å². The fourth-order valence-electron chi connectivity index (χ4n) is 3.43. The first kappa shape index (κ1) is 20.5. The molecule has 1 aliphatic heterocycles. The highest BCUT2D eigenvalue weighted by molar-refractivity contribution is 7.93. The summed E-state index contributed by atoms with van der Waals surface area (Å²) in [4.78, 5) is 0.156. The lowest BCUT2D eigenvalue weighted by molar-refractivity contribution is 0.411. The summed E-state index contributed by atoms with van der Waals surface area (Å²) in [5, 5.41) is 0. The Hall–Kier alpha value is -2.26. The number of methoxy groups -OCH3 is 1. The van der Waals surface area contributed by atoms with Crippen LogP contribution in [-0.4, -0.2) is 36.7 Å². The Kier molecular flexibility index (Phi) is 5.33. The van der Waals surface area contributed by atoms with Gasteiger partial charge in [-0.05, 0) is 67.6 Å². The molecule has 0 aromatic heterocycles. The predicted molar refractivity (Wildman–Crippen MR) is 110 cm³/mol. The SMILES string of the molecule is COc1cc(C)c(S(=O)(=O)Nc2ccc3c(c2)N(S(C)(=O)=O)CCC3)cc1C. The molecule has 2 aromatic carbocycles. The molecule has 0 unspecified atom stereocenters. The van der Waals surface area contributed by atoms with E-state index in [2.05, 4.69) is 4.72 Å². The number of rotatable bonds is 5. The molecule has 0 radical (unpaired) electrons. The minimum Gasteiger partial charge on any atom is -0.496 e. The maximum atomic E-state index is 12.9. The Bertz CT molecular complexity index is 1130. The summed E-state index contributed by atoms with van der Waals surface area (Å²) < 4.78 is 59.2. The summed E-state index contributed by atoms with van der Waals surface area (Å²) in [5.41, 5.74) is 3.00. The van der Waals surface area contributed by atoms with Crippen molar-refractivity contribution in [3.05, 3.63) is 47.0 Å². The molecule has 1 heterocycles. The number of benzene rings is 2. The molecule has 0 amide bonds. The Morgan fingerprint density at radius 2 is 1.75 bits per heavy atom. The van der Waals surface area contributed by atoms with Gasteiger partial charge in [0, 0.05) is 6.54 Å². The Balaban J connectivity index is 1.99. The summed E-state index contributed by atoms with van der Waals surface area (Å²) in [5.74, 6) is 0.619. The van der Waals surface area contributed by atoms with E-state index in [1.165, 1.54) is 11.4 Å². The fraction of sp³-hybridized carbons (Fsp3) is 0.368. The van der Waals surface area contributed by atoms with Crippen molar-refractivity contribution in [2.75, 3.05) is 28.9 Å². The van der Waals surface area contributed by atoms with Crippen LogP contribution in [0.5, 0.6) is 5.75 Å². The monoisotopic (exact) mass is 424 g/mol. The lowest BCUT2D eigenvalue weighted by Gasteiger charge is -2.29. The van der Waals surface area contributed by atoms with E-state index in [4.69, 9.17) is 4.74 Å². The molecule has 2 aromatic rings. The number of nitrogens with zero attached hydrogens (tertiary/aromatic N) is 1. The summed E-state index contributed by atoms with van der Waals surface area (Å²) in [6, 6.07) is 8.27. The quantitative estimate of drug-likeness (QED) is 0.797. The molecule has 1 N–H and O–H groups in total. The van der Waals surface area contributed by atoms with Crippen LogP contribution >= 0.6 is 0 Å². The van der Waals surface area contributed by atoms with Gasteiger partial charge in [-0.15, -0.1) is 0 Å². The van der Waals surface area contributed by atoms with Crippen LogP contribution in [-0.2, 0) is 26.5 Å². The van der Waals surface area contributed by atoms with Gasteiger partial charge < -0.3 is 4.74 Å². The van der Waals surface area contributed by atoms with Gasteiger partial charge in [-0.3, -0.25) is 9.03 Å². The van der Waals surface area contributed by atoms with Gasteiger partial charge in [0.15, 0.2) is 0 Å². The van der Waals surface area contributed by atoms with Crippen LogP contribution in [0, 0.1) is 13.8 Å². The highest BCUT2D eigenvalue weighted by atomic mass is 32.2. The van der Waals surface area contributed by atoms with Gasteiger partial charge in [0.05, 0.1) is 29.6 Å². The Labute approximate surface area is 166 Å². The van der Waals surface area contributed by atoms with Crippen molar-refractivity contribution in [2.24, 2.45) is 0 Å². The highest BCUT2D eigenvalue weighted by Crippen LogP contribution is 2.33.